The molecule has 0 radical (unpaired) electrons. The summed E-state index contributed by atoms with van der Waals surface area (Å²) in [5.41, 5.74) is 3.03. The predicted octanol–water partition coefficient (Wildman–Crippen LogP) is 5.53. The highest BCUT2D eigenvalue weighted by atomic mass is 35.5. The highest BCUT2D eigenvalue weighted by Crippen LogP contribution is 2.39. The predicted molar refractivity (Wildman–Crippen MR) is 109 cm³/mol. The first kappa shape index (κ1) is 16.4. The van der Waals surface area contributed by atoms with Crippen LogP contribution in [-0.4, -0.2) is 23.2 Å². The van der Waals surface area contributed by atoms with E-state index in [1.54, 1.807) is 17.7 Å². The quantitative estimate of drug-likeness (QED) is 0.494. The number of nitrogens with one attached hydrogen (secondary N) is 1. The minimum Gasteiger partial charge on any atom is -0.486 e. The lowest BCUT2D eigenvalue weighted by Gasteiger charge is -2.19. The monoisotopic (exact) mass is 395 g/mol. The van der Waals surface area contributed by atoms with E-state index >= 15 is 0 Å². The minimum absolute atomic E-state index is 0.555. The molecule has 0 aliphatic carbocycles. The summed E-state index contributed by atoms with van der Waals surface area (Å²) in [7, 11) is 0. The number of nitrogens with zero attached hydrogens (tertiary/aromatic N) is 2. The number of aromatic nitrogens is 2. The summed E-state index contributed by atoms with van der Waals surface area (Å²) in [5, 5.41) is 7.19. The average Bonchev–Trinajstić information content (AvgIpc) is 3.14. The molecule has 0 bridgehead atoms. The summed E-state index contributed by atoms with van der Waals surface area (Å²) < 4.78 is 11.3. The van der Waals surface area contributed by atoms with E-state index in [1.807, 2.05) is 42.5 Å². The number of benzene rings is 2. The Balaban J connectivity index is 1.57. The molecular formula is C20H14ClN3O2S. The molecule has 1 aliphatic heterocycles. The third kappa shape index (κ3) is 3.07. The van der Waals surface area contributed by atoms with Crippen molar-refractivity contribution in [3.63, 3.8) is 0 Å². The van der Waals surface area contributed by atoms with Gasteiger partial charge in [0.1, 0.15) is 30.2 Å². The summed E-state index contributed by atoms with van der Waals surface area (Å²) >= 11 is 7.62. The molecule has 0 unspecified atom stereocenters. The van der Waals surface area contributed by atoms with Gasteiger partial charge >= 0.3 is 0 Å². The van der Waals surface area contributed by atoms with Crippen molar-refractivity contribution in [1.82, 2.24) is 9.97 Å². The van der Waals surface area contributed by atoms with Crippen molar-refractivity contribution in [3.8, 4) is 22.6 Å². The van der Waals surface area contributed by atoms with E-state index in [0.29, 0.717) is 18.2 Å². The van der Waals surface area contributed by atoms with Gasteiger partial charge in [-0.2, -0.15) is 0 Å². The van der Waals surface area contributed by atoms with Crippen LogP contribution in [0.5, 0.6) is 11.5 Å². The lowest BCUT2D eigenvalue weighted by atomic mass is 10.1. The zero-order chi connectivity index (χ0) is 18.2. The van der Waals surface area contributed by atoms with Gasteiger partial charge in [0.2, 0.25) is 0 Å². The molecular weight excluding hydrogens is 382 g/mol. The molecule has 1 N–H and O–H groups in total. The molecule has 0 saturated carbocycles. The van der Waals surface area contributed by atoms with Crippen LogP contribution in [-0.2, 0) is 0 Å². The Labute approximate surface area is 164 Å². The fraction of sp³-hybridized carbons (Fsp3) is 0.100. The number of rotatable bonds is 3. The molecule has 27 heavy (non-hydrogen) atoms. The van der Waals surface area contributed by atoms with Gasteiger partial charge in [-0.05, 0) is 29.8 Å². The third-order valence-corrected chi connectivity index (χ3v) is 5.47. The zero-order valence-electron chi connectivity index (χ0n) is 14.1. The number of anilines is 2. The summed E-state index contributed by atoms with van der Waals surface area (Å²) in [6.07, 6.45) is 1.57. The van der Waals surface area contributed by atoms with Gasteiger partial charge in [-0.25, -0.2) is 9.97 Å². The number of hydrogen-bond acceptors (Lipinski definition) is 6. The molecule has 0 fully saturated rings. The average molecular weight is 396 g/mol. The van der Waals surface area contributed by atoms with Crippen molar-refractivity contribution in [2.75, 3.05) is 18.5 Å². The number of halogens is 1. The van der Waals surface area contributed by atoms with Crippen molar-refractivity contribution >= 4 is 44.7 Å². The van der Waals surface area contributed by atoms with Gasteiger partial charge in [0.05, 0.1) is 5.39 Å². The van der Waals surface area contributed by atoms with Crippen LogP contribution >= 0.6 is 22.9 Å². The maximum absolute atomic E-state index is 6.03. The summed E-state index contributed by atoms with van der Waals surface area (Å²) in [6, 6.07) is 13.6. The van der Waals surface area contributed by atoms with Gasteiger partial charge in [-0.1, -0.05) is 23.7 Å². The highest BCUT2D eigenvalue weighted by Gasteiger charge is 2.15. The fourth-order valence-corrected chi connectivity index (χ4v) is 4.11. The van der Waals surface area contributed by atoms with Crippen molar-refractivity contribution in [1.29, 1.82) is 0 Å². The van der Waals surface area contributed by atoms with Gasteiger partial charge < -0.3 is 14.8 Å². The number of hydrogen-bond donors (Lipinski definition) is 1. The van der Waals surface area contributed by atoms with Gasteiger partial charge in [-0.15, -0.1) is 11.3 Å². The molecule has 3 heterocycles. The van der Waals surface area contributed by atoms with E-state index in [1.165, 1.54) is 0 Å². The van der Waals surface area contributed by atoms with E-state index < -0.39 is 0 Å². The summed E-state index contributed by atoms with van der Waals surface area (Å²) in [4.78, 5) is 9.82. The highest BCUT2D eigenvalue weighted by molar-refractivity contribution is 7.17. The van der Waals surface area contributed by atoms with E-state index in [0.717, 1.165) is 44.3 Å². The second-order valence-electron chi connectivity index (χ2n) is 6.04. The van der Waals surface area contributed by atoms with Gasteiger partial charge in [-0.3, -0.25) is 0 Å². The van der Waals surface area contributed by atoms with Gasteiger partial charge in [0.15, 0.2) is 11.5 Å². The number of ether oxygens (including phenoxy) is 2. The van der Waals surface area contributed by atoms with Crippen LogP contribution in [0, 0.1) is 0 Å². The molecule has 2 aromatic heterocycles. The standard InChI is InChI=1S/C20H14ClN3O2S/c21-13-3-1-12(2-4-13)15-10-27-20-18(15)19(22-11-23-20)24-14-5-6-16-17(9-14)26-8-7-25-16/h1-6,9-11H,7-8H2,(H,22,23,24). The molecule has 7 heteroatoms. The Morgan fingerprint density at radius 3 is 2.63 bits per heavy atom. The molecule has 4 aromatic rings. The molecule has 0 atom stereocenters. The van der Waals surface area contributed by atoms with Crippen molar-refractivity contribution < 1.29 is 9.47 Å². The van der Waals surface area contributed by atoms with Crippen LogP contribution in [0.25, 0.3) is 21.3 Å². The first-order chi connectivity index (χ1) is 13.3. The molecule has 0 saturated heterocycles. The van der Waals surface area contributed by atoms with E-state index in [2.05, 4.69) is 20.7 Å². The second-order valence-corrected chi connectivity index (χ2v) is 7.34. The maximum atomic E-state index is 6.03. The Hall–Kier alpha value is -2.83. The van der Waals surface area contributed by atoms with Crippen LogP contribution in [0.2, 0.25) is 5.02 Å². The molecule has 0 amide bonds. The van der Waals surface area contributed by atoms with Gasteiger partial charge in [0.25, 0.3) is 0 Å². The Morgan fingerprint density at radius 2 is 1.78 bits per heavy atom. The maximum Gasteiger partial charge on any atom is 0.163 e. The molecule has 1 aliphatic rings. The van der Waals surface area contributed by atoms with Crippen LogP contribution in [0.3, 0.4) is 0 Å². The third-order valence-electron chi connectivity index (χ3n) is 4.33. The first-order valence-electron chi connectivity index (χ1n) is 8.43. The smallest absolute Gasteiger partial charge is 0.163 e. The lowest BCUT2D eigenvalue weighted by molar-refractivity contribution is 0.171. The fourth-order valence-electron chi connectivity index (χ4n) is 3.07. The lowest BCUT2D eigenvalue weighted by Crippen LogP contribution is -2.15. The molecule has 2 aromatic carbocycles. The Morgan fingerprint density at radius 1 is 0.963 bits per heavy atom. The largest absolute Gasteiger partial charge is 0.486 e. The second kappa shape index (κ2) is 6.72. The van der Waals surface area contributed by atoms with Crippen molar-refractivity contribution in [2.24, 2.45) is 0 Å². The van der Waals surface area contributed by atoms with Crippen molar-refractivity contribution in [2.45, 2.75) is 0 Å². The first-order valence-corrected chi connectivity index (χ1v) is 9.68. The Bertz CT molecular complexity index is 1130. The van der Waals surface area contributed by atoms with Crippen LogP contribution in [0.4, 0.5) is 11.5 Å². The number of fused-ring (bicyclic) bond motifs is 2. The van der Waals surface area contributed by atoms with E-state index in [-0.39, 0.29) is 0 Å². The molecule has 134 valence electrons. The van der Waals surface area contributed by atoms with Gasteiger partial charge in [0, 0.05) is 27.7 Å². The van der Waals surface area contributed by atoms with Crippen LogP contribution in [0.15, 0.2) is 54.2 Å². The Kier molecular flexibility index (Phi) is 4.07. The summed E-state index contributed by atoms with van der Waals surface area (Å²) in [5.74, 6) is 2.25. The van der Waals surface area contributed by atoms with E-state index in [4.69, 9.17) is 21.1 Å². The summed E-state index contributed by atoms with van der Waals surface area (Å²) in [6.45, 7) is 1.13. The topological polar surface area (TPSA) is 56.3 Å². The minimum atomic E-state index is 0.555. The van der Waals surface area contributed by atoms with Crippen LogP contribution < -0.4 is 14.8 Å². The molecule has 0 spiro atoms. The zero-order valence-corrected chi connectivity index (χ0v) is 15.7. The normalized spacial score (nSPS) is 12.9. The van der Waals surface area contributed by atoms with Crippen molar-refractivity contribution in [3.05, 3.63) is 59.2 Å². The number of thiophene rings is 1. The SMILES string of the molecule is Clc1ccc(-c2csc3ncnc(Nc4ccc5c(c4)OCCO5)c23)cc1. The molecule has 5 nitrogen and oxygen atoms in total. The van der Waals surface area contributed by atoms with Crippen LogP contribution in [0.1, 0.15) is 0 Å². The molecule has 5 rings (SSSR count). The van der Waals surface area contributed by atoms with E-state index in [9.17, 15) is 0 Å².